The number of carbonyl (C=O) groups is 2. The van der Waals surface area contributed by atoms with Crippen molar-refractivity contribution in [3.63, 3.8) is 0 Å². The molecule has 26 heavy (non-hydrogen) atoms. The fourth-order valence-electron chi connectivity index (χ4n) is 2.37. The van der Waals surface area contributed by atoms with Crippen LogP contribution in [-0.4, -0.2) is 23.2 Å². The molecule has 0 bridgehead atoms. The number of aromatic carboxylic acids is 1. The van der Waals surface area contributed by atoms with E-state index in [2.05, 4.69) is 10.5 Å². The largest absolute Gasteiger partial charge is 0.478 e. The SMILES string of the molecule is Nc1ccccc1C(=O)N/N=C\c1ccc(-c2ccccc2C(=O)O)o1. The third kappa shape index (κ3) is 3.62. The monoisotopic (exact) mass is 349 g/mol. The summed E-state index contributed by atoms with van der Waals surface area (Å²) in [6, 6.07) is 16.4. The van der Waals surface area contributed by atoms with Gasteiger partial charge in [-0.2, -0.15) is 5.10 Å². The molecule has 130 valence electrons. The van der Waals surface area contributed by atoms with Gasteiger partial charge >= 0.3 is 5.97 Å². The Hall–Kier alpha value is -3.87. The number of nitrogens with one attached hydrogen (secondary N) is 1. The van der Waals surface area contributed by atoms with Crippen molar-refractivity contribution in [3.05, 3.63) is 77.6 Å². The first-order valence-corrected chi connectivity index (χ1v) is 7.66. The molecule has 2 aromatic carbocycles. The van der Waals surface area contributed by atoms with Gasteiger partial charge in [-0.25, -0.2) is 10.2 Å². The first-order valence-electron chi connectivity index (χ1n) is 7.66. The van der Waals surface area contributed by atoms with Crippen LogP contribution in [0.3, 0.4) is 0 Å². The summed E-state index contributed by atoms with van der Waals surface area (Å²) in [4.78, 5) is 23.3. The molecular weight excluding hydrogens is 334 g/mol. The van der Waals surface area contributed by atoms with Gasteiger partial charge in [0.25, 0.3) is 5.91 Å². The van der Waals surface area contributed by atoms with Crippen LogP contribution in [0.5, 0.6) is 0 Å². The standard InChI is InChI=1S/C19H15N3O4/c20-16-8-4-3-7-15(16)18(23)22-21-11-12-9-10-17(26-12)13-5-1-2-6-14(13)19(24)25/h1-11H,20H2,(H,22,23)(H,24,25)/b21-11-. The summed E-state index contributed by atoms with van der Waals surface area (Å²) in [5.74, 6) is -0.730. The van der Waals surface area contributed by atoms with Gasteiger partial charge in [0.15, 0.2) is 0 Å². The summed E-state index contributed by atoms with van der Waals surface area (Å²) in [6.45, 7) is 0. The van der Waals surface area contributed by atoms with Gasteiger partial charge in [0.2, 0.25) is 0 Å². The number of rotatable bonds is 5. The highest BCUT2D eigenvalue weighted by Gasteiger charge is 2.13. The average Bonchev–Trinajstić information content (AvgIpc) is 3.10. The second kappa shape index (κ2) is 7.35. The van der Waals surface area contributed by atoms with Crippen molar-refractivity contribution in [3.8, 4) is 11.3 Å². The lowest BCUT2D eigenvalue weighted by molar-refractivity contribution is 0.0697. The van der Waals surface area contributed by atoms with E-state index < -0.39 is 11.9 Å². The van der Waals surface area contributed by atoms with Gasteiger partial charge < -0.3 is 15.3 Å². The topological polar surface area (TPSA) is 118 Å². The number of benzene rings is 2. The van der Waals surface area contributed by atoms with E-state index in [0.29, 0.717) is 28.3 Å². The van der Waals surface area contributed by atoms with Crippen molar-refractivity contribution in [1.82, 2.24) is 5.43 Å². The Morgan fingerprint density at radius 2 is 1.69 bits per heavy atom. The van der Waals surface area contributed by atoms with Crippen LogP contribution in [0.15, 0.2) is 70.2 Å². The van der Waals surface area contributed by atoms with E-state index in [-0.39, 0.29) is 5.56 Å². The minimum Gasteiger partial charge on any atom is -0.478 e. The Bertz CT molecular complexity index is 992. The molecule has 3 aromatic rings. The third-order valence-electron chi connectivity index (χ3n) is 3.61. The fourth-order valence-corrected chi connectivity index (χ4v) is 2.37. The van der Waals surface area contributed by atoms with Crippen molar-refractivity contribution in [2.45, 2.75) is 0 Å². The van der Waals surface area contributed by atoms with Crippen LogP contribution in [0, 0.1) is 0 Å². The van der Waals surface area contributed by atoms with Crippen LogP contribution >= 0.6 is 0 Å². The fraction of sp³-hybridized carbons (Fsp3) is 0. The Morgan fingerprint density at radius 3 is 2.42 bits per heavy atom. The normalized spacial score (nSPS) is 10.8. The van der Waals surface area contributed by atoms with E-state index in [4.69, 9.17) is 10.2 Å². The lowest BCUT2D eigenvalue weighted by Crippen LogP contribution is -2.18. The van der Waals surface area contributed by atoms with Crippen molar-refractivity contribution in [2.75, 3.05) is 5.73 Å². The number of nitrogens with zero attached hydrogens (tertiary/aromatic N) is 1. The number of nitrogens with two attached hydrogens (primary N) is 1. The van der Waals surface area contributed by atoms with Crippen molar-refractivity contribution < 1.29 is 19.1 Å². The second-order valence-corrected chi connectivity index (χ2v) is 5.34. The van der Waals surface area contributed by atoms with E-state index in [1.54, 1.807) is 54.6 Å². The zero-order chi connectivity index (χ0) is 18.5. The number of carboxylic acid groups (broad SMARTS) is 1. The van der Waals surface area contributed by atoms with E-state index >= 15 is 0 Å². The third-order valence-corrected chi connectivity index (χ3v) is 3.61. The van der Waals surface area contributed by atoms with Gasteiger partial charge in [-0.05, 0) is 30.3 Å². The van der Waals surface area contributed by atoms with Gasteiger partial charge in [-0.3, -0.25) is 4.79 Å². The van der Waals surface area contributed by atoms with Gasteiger partial charge in [0.05, 0.1) is 17.3 Å². The smallest absolute Gasteiger partial charge is 0.336 e. The number of nitrogen functional groups attached to an aromatic ring is 1. The number of furan rings is 1. The van der Waals surface area contributed by atoms with Crippen LogP contribution in [0.25, 0.3) is 11.3 Å². The molecule has 0 fully saturated rings. The molecular formula is C19H15N3O4. The molecule has 0 unspecified atom stereocenters. The zero-order valence-corrected chi connectivity index (χ0v) is 13.5. The maximum Gasteiger partial charge on any atom is 0.336 e. The maximum atomic E-state index is 12.0. The summed E-state index contributed by atoms with van der Waals surface area (Å²) in [5, 5.41) is 13.1. The molecule has 1 aromatic heterocycles. The molecule has 7 heteroatoms. The number of anilines is 1. The summed E-state index contributed by atoms with van der Waals surface area (Å²) in [6.07, 6.45) is 1.32. The highest BCUT2D eigenvalue weighted by molar-refractivity contribution is 5.99. The maximum absolute atomic E-state index is 12.0. The molecule has 0 saturated carbocycles. The van der Waals surface area contributed by atoms with Crippen LogP contribution in [0.2, 0.25) is 0 Å². The molecule has 7 nitrogen and oxygen atoms in total. The summed E-state index contributed by atoms with van der Waals surface area (Å²) < 4.78 is 5.58. The van der Waals surface area contributed by atoms with E-state index in [1.807, 2.05) is 0 Å². The van der Waals surface area contributed by atoms with Crippen molar-refractivity contribution in [1.29, 1.82) is 0 Å². The number of hydrogen-bond acceptors (Lipinski definition) is 5. The minimum absolute atomic E-state index is 0.137. The molecule has 0 atom stereocenters. The molecule has 0 aliphatic heterocycles. The van der Waals surface area contributed by atoms with Gasteiger partial charge in [-0.15, -0.1) is 0 Å². The highest BCUT2D eigenvalue weighted by Crippen LogP contribution is 2.25. The predicted octanol–water partition coefficient (Wildman–Crippen LogP) is 2.99. The Morgan fingerprint density at radius 1 is 1.00 bits per heavy atom. The number of carbonyl (C=O) groups excluding carboxylic acids is 1. The average molecular weight is 349 g/mol. The molecule has 0 spiro atoms. The first kappa shape index (κ1) is 17.0. The molecule has 0 aliphatic carbocycles. The Kier molecular flexibility index (Phi) is 4.80. The lowest BCUT2D eigenvalue weighted by atomic mass is 10.1. The highest BCUT2D eigenvalue weighted by atomic mass is 16.4. The number of hydrogen-bond donors (Lipinski definition) is 3. The lowest BCUT2D eigenvalue weighted by Gasteiger charge is -2.02. The number of hydrazone groups is 1. The number of amides is 1. The van der Waals surface area contributed by atoms with Crippen molar-refractivity contribution in [2.24, 2.45) is 5.10 Å². The Balaban J connectivity index is 1.73. The quantitative estimate of drug-likeness (QED) is 0.372. The number of carboxylic acids is 1. The summed E-state index contributed by atoms with van der Waals surface area (Å²) in [7, 11) is 0. The van der Waals surface area contributed by atoms with Gasteiger partial charge in [0, 0.05) is 11.3 Å². The Labute approximate surface area is 148 Å². The predicted molar refractivity (Wildman–Crippen MR) is 97.0 cm³/mol. The molecule has 1 amide bonds. The van der Waals surface area contributed by atoms with E-state index in [9.17, 15) is 14.7 Å². The van der Waals surface area contributed by atoms with Gasteiger partial charge in [0.1, 0.15) is 11.5 Å². The van der Waals surface area contributed by atoms with E-state index in [0.717, 1.165) is 0 Å². The summed E-state index contributed by atoms with van der Waals surface area (Å²) >= 11 is 0. The molecule has 0 saturated heterocycles. The second-order valence-electron chi connectivity index (χ2n) is 5.34. The van der Waals surface area contributed by atoms with Crippen LogP contribution < -0.4 is 11.2 Å². The first-order chi connectivity index (χ1) is 12.6. The van der Waals surface area contributed by atoms with Crippen LogP contribution in [0.4, 0.5) is 5.69 Å². The molecule has 1 heterocycles. The zero-order valence-electron chi connectivity index (χ0n) is 13.5. The van der Waals surface area contributed by atoms with Crippen LogP contribution in [-0.2, 0) is 0 Å². The number of para-hydroxylation sites is 1. The van der Waals surface area contributed by atoms with Gasteiger partial charge in [-0.1, -0.05) is 30.3 Å². The molecule has 0 aliphatic rings. The minimum atomic E-state index is -1.04. The van der Waals surface area contributed by atoms with E-state index in [1.165, 1.54) is 12.3 Å². The molecule has 3 rings (SSSR count). The molecule has 0 radical (unpaired) electrons. The van der Waals surface area contributed by atoms with Crippen molar-refractivity contribution >= 4 is 23.8 Å². The molecule has 4 N–H and O–H groups in total. The summed E-state index contributed by atoms with van der Waals surface area (Å²) in [5.41, 5.74) is 9.36. The van der Waals surface area contributed by atoms with Crippen LogP contribution in [0.1, 0.15) is 26.5 Å².